The summed E-state index contributed by atoms with van der Waals surface area (Å²) in [7, 11) is -6.54. The lowest BCUT2D eigenvalue weighted by Crippen LogP contribution is -2.22. The largest absolute Gasteiger partial charge is 0.397 e. The number of pyridine rings is 1. The number of ether oxygens (including phenoxy) is 1. The van der Waals surface area contributed by atoms with Crippen molar-refractivity contribution in [2.24, 2.45) is 0 Å². The lowest BCUT2D eigenvalue weighted by Gasteiger charge is -2.11. The minimum absolute atomic E-state index is 0.105. The van der Waals surface area contributed by atoms with Crippen LogP contribution >= 0.6 is 0 Å². The second kappa shape index (κ2) is 10.6. The molecule has 1 rings (SSSR count). The third-order valence-corrected chi connectivity index (χ3v) is 5.23. The van der Waals surface area contributed by atoms with Crippen LogP contribution in [0.15, 0.2) is 12.1 Å². The highest BCUT2D eigenvalue weighted by Crippen LogP contribution is 2.13. The fourth-order valence-electron chi connectivity index (χ4n) is 1.98. The average molecular weight is 412 g/mol. The van der Waals surface area contributed by atoms with Gasteiger partial charge in [0, 0.05) is 26.8 Å². The molecule has 0 aromatic carbocycles. The van der Waals surface area contributed by atoms with Gasteiger partial charge < -0.3 is 15.4 Å². The molecular formula is C14H25N3O7S2. The Bertz CT molecular complexity index is 767. The van der Waals surface area contributed by atoms with E-state index in [9.17, 15) is 16.8 Å². The Hall–Kier alpha value is -1.47. The highest BCUT2D eigenvalue weighted by atomic mass is 32.3. The molecule has 26 heavy (non-hydrogen) atoms. The number of sulfone groups is 1. The van der Waals surface area contributed by atoms with Crippen molar-refractivity contribution in [2.75, 3.05) is 55.6 Å². The maximum absolute atomic E-state index is 11.8. The van der Waals surface area contributed by atoms with Crippen LogP contribution in [0.4, 0.5) is 11.6 Å². The van der Waals surface area contributed by atoms with Crippen molar-refractivity contribution >= 4 is 31.9 Å². The molecule has 1 heterocycles. The van der Waals surface area contributed by atoms with Gasteiger partial charge in [0.05, 0.1) is 18.1 Å². The highest BCUT2D eigenvalue weighted by molar-refractivity contribution is 7.91. The first-order chi connectivity index (χ1) is 12.1. The predicted octanol–water partition coefficient (Wildman–Crippen LogP) is 0.485. The Labute approximate surface area is 154 Å². The summed E-state index contributed by atoms with van der Waals surface area (Å²) in [4.78, 5) is 4.35. The third kappa shape index (κ3) is 10.5. The van der Waals surface area contributed by atoms with E-state index in [1.807, 2.05) is 13.0 Å². The molecule has 0 saturated carbocycles. The van der Waals surface area contributed by atoms with Gasteiger partial charge in [-0.05, 0) is 31.0 Å². The second-order valence-electron chi connectivity index (χ2n) is 5.52. The van der Waals surface area contributed by atoms with Gasteiger partial charge in [-0.15, -0.1) is 0 Å². The van der Waals surface area contributed by atoms with Crippen LogP contribution in [-0.4, -0.2) is 71.3 Å². The number of methoxy groups -OCH3 is 1. The molecule has 10 nitrogen and oxygen atoms in total. The molecule has 12 heteroatoms. The molecule has 0 aliphatic carbocycles. The first-order valence-electron chi connectivity index (χ1n) is 7.89. The number of rotatable bonds is 13. The third-order valence-electron chi connectivity index (χ3n) is 3.15. The summed E-state index contributed by atoms with van der Waals surface area (Å²) in [5, 5.41) is 6.09. The van der Waals surface area contributed by atoms with E-state index >= 15 is 0 Å². The molecule has 1 aromatic rings. The van der Waals surface area contributed by atoms with Crippen LogP contribution in [0.1, 0.15) is 12.0 Å². The molecule has 3 N–H and O–H groups in total. The van der Waals surface area contributed by atoms with Gasteiger partial charge in [-0.3, -0.25) is 4.55 Å². The van der Waals surface area contributed by atoms with Crippen LogP contribution in [0.25, 0.3) is 0 Å². The number of hydrogen-bond acceptors (Lipinski definition) is 9. The maximum Gasteiger partial charge on any atom is 0.397 e. The topological polar surface area (TPSA) is 144 Å². The summed E-state index contributed by atoms with van der Waals surface area (Å²) in [6.07, 6.45) is 0.832. The van der Waals surface area contributed by atoms with Crippen molar-refractivity contribution in [1.29, 1.82) is 0 Å². The van der Waals surface area contributed by atoms with E-state index in [-0.39, 0.29) is 12.3 Å². The molecule has 0 atom stereocenters. The summed E-state index contributed by atoms with van der Waals surface area (Å²) in [6, 6.07) is 3.66. The van der Waals surface area contributed by atoms with Crippen molar-refractivity contribution < 1.29 is 30.3 Å². The monoisotopic (exact) mass is 411 g/mol. The number of aromatic nitrogens is 1. The smallest absolute Gasteiger partial charge is 0.385 e. The van der Waals surface area contributed by atoms with Crippen LogP contribution in [0, 0.1) is 6.92 Å². The quantitative estimate of drug-likeness (QED) is 0.310. The molecule has 0 saturated heterocycles. The molecule has 0 aliphatic heterocycles. The minimum Gasteiger partial charge on any atom is -0.385 e. The molecular weight excluding hydrogens is 386 g/mol. The summed E-state index contributed by atoms with van der Waals surface area (Å²) in [5.41, 5.74) is 0.959. The van der Waals surface area contributed by atoms with Crippen molar-refractivity contribution in [3.05, 3.63) is 17.7 Å². The van der Waals surface area contributed by atoms with E-state index < -0.39 is 32.6 Å². The molecule has 0 aliphatic rings. The lowest BCUT2D eigenvalue weighted by atomic mass is 10.3. The van der Waals surface area contributed by atoms with Crippen LogP contribution in [0.5, 0.6) is 0 Å². The number of hydrogen-bond donors (Lipinski definition) is 3. The number of nitrogens with zero attached hydrogens (tertiary/aromatic N) is 1. The predicted molar refractivity (Wildman–Crippen MR) is 98.6 cm³/mol. The van der Waals surface area contributed by atoms with Gasteiger partial charge in [-0.2, -0.15) is 8.42 Å². The van der Waals surface area contributed by atoms with E-state index in [0.29, 0.717) is 24.8 Å². The second-order valence-corrected chi connectivity index (χ2v) is 8.91. The van der Waals surface area contributed by atoms with E-state index in [2.05, 4.69) is 19.8 Å². The van der Waals surface area contributed by atoms with Crippen molar-refractivity contribution in [3.63, 3.8) is 0 Å². The fourth-order valence-corrected chi connectivity index (χ4v) is 3.34. The zero-order chi connectivity index (χ0) is 19.6. The first kappa shape index (κ1) is 22.6. The Morgan fingerprint density at radius 3 is 2.23 bits per heavy atom. The van der Waals surface area contributed by atoms with Crippen LogP contribution < -0.4 is 10.6 Å². The van der Waals surface area contributed by atoms with Gasteiger partial charge in [0.25, 0.3) is 0 Å². The molecule has 0 fully saturated rings. The Morgan fingerprint density at radius 2 is 1.65 bits per heavy atom. The van der Waals surface area contributed by atoms with Crippen molar-refractivity contribution in [3.8, 4) is 0 Å². The summed E-state index contributed by atoms with van der Waals surface area (Å²) in [5.74, 6) is 0.465. The van der Waals surface area contributed by atoms with Gasteiger partial charge in [0.2, 0.25) is 0 Å². The molecule has 0 amide bonds. The minimum atomic E-state index is -4.64. The van der Waals surface area contributed by atoms with E-state index in [1.165, 1.54) is 0 Å². The average Bonchev–Trinajstić information content (AvgIpc) is 2.49. The van der Waals surface area contributed by atoms with Crippen LogP contribution in [0.2, 0.25) is 0 Å². The normalized spacial score (nSPS) is 12.1. The summed E-state index contributed by atoms with van der Waals surface area (Å²) < 4.78 is 61.8. The zero-order valence-corrected chi connectivity index (χ0v) is 16.4. The molecule has 1 aromatic heterocycles. The van der Waals surface area contributed by atoms with Gasteiger partial charge in [-0.25, -0.2) is 17.6 Å². The molecule has 0 bridgehead atoms. The van der Waals surface area contributed by atoms with Crippen molar-refractivity contribution in [2.45, 2.75) is 13.3 Å². The van der Waals surface area contributed by atoms with Crippen LogP contribution in [0.3, 0.4) is 0 Å². The summed E-state index contributed by atoms with van der Waals surface area (Å²) >= 11 is 0. The molecule has 0 unspecified atom stereocenters. The van der Waals surface area contributed by atoms with Gasteiger partial charge in [0.1, 0.15) is 11.6 Å². The van der Waals surface area contributed by atoms with Gasteiger partial charge in [-0.1, -0.05) is 0 Å². The standard InChI is InChI=1S/C14H25N3O7S2/c1-12-10-13(15-4-3-6-23-2)17-14(11-12)16-5-8-25(18,19)9-7-24-26(20,21)22/h10-11H,3-9H2,1-2H3,(H2,15,16,17)(H,20,21,22). The van der Waals surface area contributed by atoms with Crippen molar-refractivity contribution in [1.82, 2.24) is 4.98 Å². The number of nitrogens with one attached hydrogen (secondary N) is 2. The van der Waals surface area contributed by atoms with Gasteiger partial charge >= 0.3 is 10.4 Å². The number of aryl methyl sites for hydroxylation is 1. The zero-order valence-electron chi connectivity index (χ0n) is 14.8. The molecule has 150 valence electrons. The summed E-state index contributed by atoms with van der Waals surface area (Å²) in [6.45, 7) is 2.72. The van der Waals surface area contributed by atoms with E-state index in [1.54, 1.807) is 13.2 Å². The van der Waals surface area contributed by atoms with Gasteiger partial charge in [0.15, 0.2) is 9.84 Å². The lowest BCUT2D eigenvalue weighted by molar-refractivity contribution is 0.198. The first-order valence-corrected chi connectivity index (χ1v) is 11.1. The Morgan fingerprint density at radius 1 is 1.04 bits per heavy atom. The number of anilines is 2. The maximum atomic E-state index is 11.8. The Balaban J connectivity index is 2.47. The fraction of sp³-hybridized carbons (Fsp3) is 0.643. The Kier molecular flexibility index (Phi) is 9.22. The van der Waals surface area contributed by atoms with E-state index in [0.717, 1.165) is 12.0 Å². The van der Waals surface area contributed by atoms with Crippen LogP contribution in [-0.2, 0) is 29.2 Å². The molecule has 0 radical (unpaired) electrons. The SMILES string of the molecule is COCCCNc1cc(C)cc(NCCS(=O)(=O)CCOS(=O)(=O)O)n1. The highest BCUT2D eigenvalue weighted by Gasteiger charge is 2.13. The molecule has 0 spiro atoms. The van der Waals surface area contributed by atoms with E-state index in [4.69, 9.17) is 9.29 Å².